The molecule has 2 aromatic rings. The van der Waals surface area contributed by atoms with Crippen molar-refractivity contribution in [2.75, 3.05) is 20.7 Å². The number of fused-ring (bicyclic) bond motifs is 1. The van der Waals surface area contributed by atoms with Gasteiger partial charge in [-0.15, -0.1) is 0 Å². The van der Waals surface area contributed by atoms with Crippen LogP contribution in [0.1, 0.15) is 10.4 Å². The molecule has 4 heteroatoms. The minimum Gasteiger partial charge on any atom is -0.481 e. The van der Waals surface area contributed by atoms with Gasteiger partial charge >= 0.3 is 0 Å². The van der Waals surface area contributed by atoms with E-state index in [1.54, 1.807) is 26.4 Å². The number of hydrogen-bond donors (Lipinski definition) is 1. The second kappa shape index (κ2) is 4.93. The number of ketones is 1. The van der Waals surface area contributed by atoms with E-state index in [9.17, 15) is 4.79 Å². The average molecular weight is 230 g/mol. The van der Waals surface area contributed by atoms with Crippen molar-refractivity contribution < 1.29 is 9.53 Å². The van der Waals surface area contributed by atoms with Crippen LogP contribution in [0.4, 0.5) is 0 Å². The van der Waals surface area contributed by atoms with Crippen LogP contribution in [0.15, 0.2) is 30.5 Å². The van der Waals surface area contributed by atoms with Crippen LogP contribution in [0.3, 0.4) is 0 Å². The average Bonchev–Trinajstić information content (AvgIpc) is 2.37. The van der Waals surface area contributed by atoms with Gasteiger partial charge in [-0.05, 0) is 30.6 Å². The first-order valence-corrected chi connectivity index (χ1v) is 5.37. The van der Waals surface area contributed by atoms with E-state index in [0.29, 0.717) is 18.0 Å². The number of aromatic nitrogens is 1. The highest BCUT2D eigenvalue weighted by Crippen LogP contribution is 2.23. The van der Waals surface area contributed by atoms with Crippen LogP contribution in [0, 0.1) is 0 Å². The Balaban J connectivity index is 2.48. The van der Waals surface area contributed by atoms with Gasteiger partial charge < -0.3 is 10.1 Å². The van der Waals surface area contributed by atoms with Gasteiger partial charge in [0, 0.05) is 17.1 Å². The van der Waals surface area contributed by atoms with Crippen molar-refractivity contribution in [3.63, 3.8) is 0 Å². The summed E-state index contributed by atoms with van der Waals surface area (Å²) >= 11 is 0. The van der Waals surface area contributed by atoms with Crippen LogP contribution in [0.2, 0.25) is 0 Å². The molecule has 2 rings (SSSR count). The van der Waals surface area contributed by atoms with Crippen LogP contribution in [-0.4, -0.2) is 31.5 Å². The molecule has 0 bridgehead atoms. The molecule has 0 spiro atoms. The number of methoxy groups -OCH3 is 1. The lowest BCUT2D eigenvalue weighted by atomic mass is 10.1. The maximum absolute atomic E-state index is 11.7. The number of nitrogens with one attached hydrogen (secondary N) is 1. The Morgan fingerprint density at radius 3 is 2.94 bits per heavy atom. The van der Waals surface area contributed by atoms with Crippen LogP contribution >= 0.6 is 0 Å². The Labute approximate surface area is 99.6 Å². The Morgan fingerprint density at radius 2 is 2.24 bits per heavy atom. The summed E-state index contributed by atoms with van der Waals surface area (Å²) in [5.74, 6) is 0.653. The highest BCUT2D eigenvalue weighted by atomic mass is 16.5. The Hall–Kier alpha value is -1.94. The Kier molecular flexibility index (Phi) is 3.35. The summed E-state index contributed by atoms with van der Waals surface area (Å²) in [4.78, 5) is 15.9. The normalized spacial score (nSPS) is 10.5. The summed E-state index contributed by atoms with van der Waals surface area (Å²) in [5.41, 5.74) is 0.695. The van der Waals surface area contributed by atoms with Crippen molar-refractivity contribution >= 4 is 16.6 Å². The van der Waals surface area contributed by atoms with E-state index in [1.807, 2.05) is 18.2 Å². The van der Waals surface area contributed by atoms with E-state index in [-0.39, 0.29) is 5.78 Å². The number of benzene rings is 1. The molecule has 0 saturated heterocycles. The fourth-order valence-corrected chi connectivity index (χ4v) is 1.75. The summed E-state index contributed by atoms with van der Waals surface area (Å²) in [6.45, 7) is 0.341. The lowest BCUT2D eigenvalue weighted by Gasteiger charge is -2.05. The fraction of sp³-hybridized carbons (Fsp3) is 0.231. The third-order valence-corrected chi connectivity index (χ3v) is 2.58. The first kappa shape index (κ1) is 11.5. The van der Waals surface area contributed by atoms with E-state index < -0.39 is 0 Å². The van der Waals surface area contributed by atoms with Crippen molar-refractivity contribution in [1.82, 2.24) is 10.3 Å². The predicted octanol–water partition coefficient (Wildman–Crippen LogP) is 1.65. The van der Waals surface area contributed by atoms with E-state index >= 15 is 0 Å². The third-order valence-electron chi connectivity index (χ3n) is 2.58. The lowest BCUT2D eigenvalue weighted by molar-refractivity contribution is 0.0993. The molecule has 88 valence electrons. The standard InChI is InChI=1S/C13H14N2O2/c1-14-8-12(16)10-3-4-11-9(7-10)5-6-15-13(11)17-2/h3-7,14H,8H2,1-2H3. The molecule has 0 fully saturated rings. The minimum atomic E-state index is 0.0742. The molecule has 0 aliphatic heterocycles. The molecule has 0 amide bonds. The maximum atomic E-state index is 11.7. The Morgan fingerprint density at radius 1 is 1.41 bits per heavy atom. The van der Waals surface area contributed by atoms with Crippen LogP contribution in [0.5, 0.6) is 5.88 Å². The minimum absolute atomic E-state index is 0.0742. The van der Waals surface area contributed by atoms with Gasteiger partial charge in [0.1, 0.15) is 0 Å². The van der Waals surface area contributed by atoms with Crippen molar-refractivity contribution in [1.29, 1.82) is 0 Å². The van der Waals surface area contributed by atoms with Crippen molar-refractivity contribution in [3.8, 4) is 5.88 Å². The predicted molar refractivity (Wildman–Crippen MR) is 66.6 cm³/mol. The van der Waals surface area contributed by atoms with Gasteiger partial charge in [0.05, 0.1) is 13.7 Å². The molecule has 0 saturated carbocycles. The Bertz CT molecular complexity index is 552. The number of carbonyl (C=O) groups excluding carboxylic acids is 1. The topological polar surface area (TPSA) is 51.2 Å². The summed E-state index contributed by atoms with van der Waals surface area (Å²) in [5, 5.41) is 4.72. The van der Waals surface area contributed by atoms with Gasteiger partial charge in [-0.25, -0.2) is 4.98 Å². The van der Waals surface area contributed by atoms with Gasteiger partial charge in [-0.1, -0.05) is 6.07 Å². The smallest absolute Gasteiger partial charge is 0.221 e. The van der Waals surface area contributed by atoms with E-state index in [2.05, 4.69) is 10.3 Å². The van der Waals surface area contributed by atoms with E-state index in [0.717, 1.165) is 10.8 Å². The first-order chi connectivity index (χ1) is 8.26. The quantitative estimate of drug-likeness (QED) is 0.811. The number of hydrogen-bond acceptors (Lipinski definition) is 4. The molecule has 4 nitrogen and oxygen atoms in total. The monoisotopic (exact) mass is 230 g/mol. The van der Waals surface area contributed by atoms with Crippen LogP contribution in [0.25, 0.3) is 10.8 Å². The molecule has 1 aromatic heterocycles. The molecule has 17 heavy (non-hydrogen) atoms. The van der Waals surface area contributed by atoms with Crippen molar-refractivity contribution in [3.05, 3.63) is 36.0 Å². The number of likely N-dealkylation sites (N-methyl/N-ethyl adjacent to an activating group) is 1. The third kappa shape index (κ3) is 2.26. The molecular formula is C13H14N2O2. The van der Waals surface area contributed by atoms with Gasteiger partial charge in [-0.3, -0.25) is 4.79 Å². The zero-order valence-corrected chi connectivity index (χ0v) is 9.86. The second-order valence-electron chi connectivity index (χ2n) is 3.71. The van der Waals surface area contributed by atoms with Gasteiger partial charge in [0.2, 0.25) is 5.88 Å². The van der Waals surface area contributed by atoms with Crippen LogP contribution < -0.4 is 10.1 Å². The zero-order chi connectivity index (χ0) is 12.3. The van der Waals surface area contributed by atoms with Crippen molar-refractivity contribution in [2.45, 2.75) is 0 Å². The molecule has 0 unspecified atom stereocenters. The van der Waals surface area contributed by atoms with Crippen LogP contribution in [-0.2, 0) is 0 Å². The first-order valence-electron chi connectivity index (χ1n) is 5.37. The summed E-state index contributed by atoms with van der Waals surface area (Å²) in [7, 11) is 3.34. The highest BCUT2D eigenvalue weighted by Gasteiger charge is 2.07. The summed E-state index contributed by atoms with van der Waals surface area (Å²) < 4.78 is 5.17. The second-order valence-corrected chi connectivity index (χ2v) is 3.71. The lowest BCUT2D eigenvalue weighted by Crippen LogP contribution is -2.18. The summed E-state index contributed by atoms with van der Waals surface area (Å²) in [6.07, 6.45) is 1.67. The van der Waals surface area contributed by atoms with E-state index in [4.69, 9.17) is 4.74 Å². The number of nitrogens with zero attached hydrogens (tertiary/aromatic N) is 1. The number of Topliss-reactive ketones (excluding diaryl/α,β-unsaturated/α-hetero) is 1. The van der Waals surface area contributed by atoms with Gasteiger partial charge in [0.15, 0.2) is 5.78 Å². The number of ether oxygens (including phenoxy) is 1. The largest absolute Gasteiger partial charge is 0.481 e. The number of rotatable bonds is 4. The fourth-order valence-electron chi connectivity index (χ4n) is 1.75. The maximum Gasteiger partial charge on any atom is 0.221 e. The molecule has 1 aromatic carbocycles. The molecule has 0 aliphatic carbocycles. The molecule has 0 atom stereocenters. The molecular weight excluding hydrogens is 216 g/mol. The zero-order valence-electron chi connectivity index (χ0n) is 9.86. The van der Waals surface area contributed by atoms with E-state index in [1.165, 1.54) is 0 Å². The van der Waals surface area contributed by atoms with Gasteiger partial charge in [-0.2, -0.15) is 0 Å². The molecule has 0 radical (unpaired) electrons. The van der Waals surface area contributed by atoms with Gasteiger partial charge in [0.25, 0.3) is 0 Å². The molecule has 1 N–H and O–H groups in total. The number of carbonyl (C=O) groups is 1. The molecule has 0 aliphatic rings. The molecule has 1 heterocycles. The number of pyridine rings is 1. The van der Waals surface area contributed by atoms with Crippen molar-refractivity contribution in [2.24, 2.45) is 0 Å². The highest BCUT2D eigenvalue weighted by molar-refractivity contribution is 6.01. The summed E-state index contributed by atoms with van der Waals surface area (Å²) in [6, 6.07) is 7.39. The SMILES string of the molecule is CNCC(=O)c1ccc2c(OC)nccc2c1.